The fourth-order valence-electron chi connectivity index (χ4n) is 3.74. The quantitative estimate of drug-likeness (QED) is 0.401. The number of H-pyrrole nitrogens is 1. The van der Waals surface area contributed by atoms with Gasteiger partial charge in [0.25, 0.3) is 11.1 Å². The zero-order chi connectivity index (χ0) is 24.9. The summed E-state index contributed by atoms with van der Waals surface area (Å²) < 4.78 is 12.0. The van der Waals surface area contributed by atoms with Gasteiger partial charge in [-0.3, -0.25) is 19.0 Å². The number of hydrogen-bond acceptors (Lipinski definition) is 7. The Kier molecular flexibility index (Phi) is 6.91. The van der Waals surface area contributed by atoms with Crippen molar-refractivity contribution in [3.63, 3.8) is 0 Å². The van der Waals surface area contributed by atoms with Gasteiger partial charge in [0.15, 0.2) is 11.5 Å². The number of ether oxygens (including phenoxy) is 2. The Labute approximate surface area is 200 Å². The summed E-state index contributed by atoms with van der Waals surface area (Å²) in [5.41, 5.74) is 1.92. The van der Waals surface area contributed by atoms with Crippen molar-refractivity contribution in [2.24, 2.45) is 0 Å². The number of fused-ring (bicyclic) bond motifs is 1. The first-order chi connectivity index (χ1) is 16.9. The Morgan fingerprint density at radius 3 is 2.60 bits per heavy atom. The van der Waals surface area contributed by atoms with Crippen molar-refractivity contribution in [3.8, 4) is 22.9 Å². The highest BCUT2D eigenvalue weighted by atomic mass is 16.5. The molecule has 0 aliphatic heterocycles. The number of rotatable bonds is 8. The second-order valence-corrected chi connectivity index (χ2v) is 7.94. The summed E-state index contributed by atoms with van der Waals surface area (Å²) >= 11 is 0. The smallest absolute Gasteiger partial charge is 0.261 e. The predicted octanol–water partition coefficient (Wildman–Crippen LogP) is 2.89. The zero-order valence-electron chi connectivity index (χ0n) is 19.6. The molecule has 2 N–H and O–H groups in total. The van der Waals surface area contributed by atoms with Gasteiger partial charge in [-0.2, -0.15) is 0 Å². The lowest BCUT2D eigenvalue weighted by atomic mass is 10.1. The summed E-state index contributed by atoms with van der Waals surface area (Å²) in [4.78, 5) is 48.5. The Bertz CT molecular complexity index is 1510. The molecule has 0 aliphatic carbocycles. The van der Waals surface area contributed by atoms with Gasteiger partial charge in [0, 0.05) is 42.0 Å². The third-order valence-corrected chi connectivity index (χ3v) is 5.42. The molecule has 4 rings (SSSR count). The van der Waals surface area contributed by atoms with Crippen molar-refractivity contribution in [1.29, 1.82) is 0 Å². The summed E-state index contributed by atoms with van der Waals surface area (Å²) in [7, 11) is 3.02. The van der Waals surface area contributed by atoms with E-state index < -0.39 is 0 Å². The van der Waals surface area contributed by atoms with E-state index >= 15 is 0 Å². The first-order valence-electron chi connectivity index (χ1n) is 11.0. The number of anilines is 1. The van der Waals surface area contributed by atoms with Crippen LogP contribution < -0.4 is 25.9 Å². The monoisotopic (exact) mass is 475 g/mol. The fraction of sp³-hybridized carbons (Fsp3) is 0.240. The van der Waals surface area contributed by atoms with Crippen molar-refractivity contribution < 1.29 is 14.3 Å². The minimum absolute atomic E-state index is 0.193. The number of amides is 1. The maximum Gasteiger partial charge on any atom is 0.261 e. The van der Waals surface area contributed by atoms with E-state index in [0.29, 0.717) is 58.1 Å². The van der Waals surface area contributed by atoms with Gasteiger partial charge < -0.3 is 19.8 Å². The second kappa shape index (κ2) is 10.2. The molecule has 2 aromatic carbocycles. The highest BCUT2D eigenvalue weighted by Gasteiger charge is 2.12. The molecule has 1 amide bonds. The Balaban J connectivity index is 1.41. The average molecular weight is 476 g/mol. The van der Waals surface area contributed by atoms with E-state index in [0.717, 1.165) is 0 Å². The van der Waals surface area contributed by atoms with E-state index in [9.17, 15) is 14.4 Å². The molecule has 0 aliphatic rings. The zero-order valence-corrected chi connectivity index (χ0v) is 19.6. The number of benzene rings is 2. The van der Waals surface area contributed by atoms with E-state index in [-0.39, 0.29) is 23.4 Å². The summed E-state index contributed by atoms with van der Waals surface area (Å²) in [5, 5.41) is 3.26. The molecular formula is C25H25N5O5. The van der Waals surface area contributed by atoms with Gasteiger partial charge in [-0.15, -0.1) is 0 Å². The molecule has 0 fully saturated rings. The number of carbonyl (C=O) groups is 1. The number of nitrogens with one attached hydrogen (secondary N) is 2. The summed E-state index contributed by atoms with van der Waals surface area (Å²) in [5.74, 6) is 1.18. The van der Waals surface area contributed by atoms with Crippen LogP contribution in [0.3, 0.4) is 0 Å². The highest BCUT2D eigenvalue weighted by Crippen LogP contribution is 2.29. The molecule has 4 aromatic rings. The Morgan fingerprint density at radius 1 is 1.09 bits per heavy atom. The number of methoxy groups -OCH3 is 2. The number of carbonyl (C=O) groups excluding carboxylic acids is 1. The minimum atomic E-state index is -0.238. The van der Waals surface area contributed by atoms with E-state index in [4.69, 9.17) is 9.47 Å². The predicted molar refractivity (Wildman–Crippen MR) is 132 cm³/mol. The van der Waals surface area contributed by atoms with Gasteiger partial charge >= 0.3 is 0 Å². The van der Waals surface area contributed by atoms with Crippen LogP contribution in [0.15, 0.2) is 58.4 Å². The number of aryl methyl sites for hydroxylation is 2. The SMILES string of the molecule is COc1cc2ncn(CCCC(=O)Nc3cccc(-c4nc(C)cc(=O)[nH]4)c3)c(=O)c2cc1OC. The maximum absolute atomic E-state index is 12.9. The van der Waals surface area contributed by atoms with Crippen molar-refractivity contribution in [2.75, 3.05) is 19.5 Å². The van der Waals surface area contributed by atoms with E-state index in [1.807, 2.05) is 0 Å². The van der Waals surface area contributed by atoms with Crippen LogP contribution in [-0.2, 0) is 11.3 Å². The Hall–Kier alpha value is -4.47. The molecule has 2 heterocycles. The molecule has 2 aromatic heterocycles. The molecular weight excluding hydrogens is 450 g/mol. The van der Waals surface area contributed by atoms with Gasteiger partial charge in [0.2, 0.25) is 5.91 Å². The highest BCUT2D eigenvalue weighted by molar-refractivity contribution is 5.91. The lowest BCUT2D eigenvalue weighted by Crippen LogP contribution is -2.22. The van der Waals surface area contributed by atoms with Gasteiger partial charge in [-0.1, -0.05) is 12.1 Å². The van der Waals surface area contributed by atoms with Crippen LogP contribution in [0.25, 0.3) is 22.3 Å². The molecule has 0 spiro atoms. The molecule has 35 heavy (non-hydrogen) atoms. The van der Waals surface area contributed by atoms with Crippen LogP contribution in [0.4, 0.5) is 5.69 Å². The summed E-state index contributed by atoms with van der Waals surface area (Å²) in [6, 6.07) is 11.8. The minimum Gasteiger partial charge on any atom is -0.493 e. The van der Waals surface area contributed by atoms with E-state index in [1.165, 1.54) is 31.2 Å². The lowest BCUT2D eigenvalue weighted by molar-refractivity contribution is -0.116. The van der Waals surface area contributed by atoms with Gasteiger partial charge in [0.1, 0.15) is 5.82 Å². The van der Waals surface area contributed by atoms with Gasteiger partial charge in [0.05, 0.1) is 31.4 Å². The number of aromatic nitrogens is 4. The topological polar surface area (TPSA) is 128 Å². The molecule has 0 saturated carbocycles. The molecule has 0 atom stereocenters. The van der Waals surface area contributed by atoms with Crippen molar-refractivity contribution in [2.45, 2.75) is 26.3 Å². The van der Waals surface area contributed by atoms with E-state index in [1.54, 1.807) is 43.3 Å². The largest absolute Gasteiger partial charge is 0.493 e. The van der Waals surface area contributed by atoms with Crippen LogP contribution in [0, 0.1) is 6.92 Å². The third kappa shape index (κ3) is 5.37. The average Bonchev–Trinajstić information content (AvgIpc) is 2.84. The van der Waals surface area contributed by atoms with Crippen LogP contribution in [0.2, 0.25) is 0 Å². The first kappa shape index (κ1) is 23.7. The van der Waals surface area contributed by atoms with Crippen LogP contribution in [0.5, 0.6) is 11.5 Å². The molecule has 10 nitrogen and oxygen atoms in total. The number of nitrogens with zero attached hydrogens (tertiary/aromatic N) is 3. The van der Waals surface area contributed by atoms with Gasteiger partial charge in [-0.25, -0.2) is 9.97 Å². The van der Waals surface area contributed by atoms with E-state index in [2.05, 4.69) is 20.3 Å². The molecule has 0 radical (unpaired) electrons. The van der Waals surface area contributed by atoms with Gasteiger partial charge in [-0.05, 0) is 31.5 Å². The second-order valence-electron chi connectivity index (χ2n) is 7.94. The van der Waals surface area contributed by atoms with Crippen LogP contribution >= 0.6 is 0 Å². The molecule has 0 saturated heterocycles. The van der Waals surface area contributed by atoms with Crippen molar-refractivity contribution in [1.82, 2.24) is 19.5 Å². The van der Waals surface area contributed by atoms with Crippen molar-refractivity contribution in [3.05, 3.63) is 75.2 Å². The summed E-state index contributed by atoms with van der Waals surface area (Å²) in [6.07, 6.45) is 2.12. The standard InChI is InChI=1S/C25H25N5O5/c1-15-10-23(32)29-24(27-15)16-6-4-7-17(11-16)28-22(31)8-5-9-30-14-26-19-13-21(35-3)20(34-2)12-18(19)25(30)33/h4,6-7,10-14H,5,8-9H2,1-3H3,(H,28,31)(H,27,29,32). The number of hydrogen-bond donors (Lipinski definition) is 2. The fourth-order valence-corrected chi connectivity index (χ4v) is 3.74. The molecule has 0 bridgehead atoms. The van der Waals surface area contributed by atoms with Crippen LogP contribution in [0.1, 0.15) is 18.5 Å². The van der Waals surface area contributed by atoms with Crippen molar-refractivity contribution >= 4 is 22.5 Å². The molecule has 180 valence electrons. The number of aromatic amines is 1. The normalized spacial score (nSPS) is 10.8. The summed E-state index contributed by atoms with van der Waals surface area (Å²) in [6.45, 7) is 2.08. The Morgan fingerprint density at radius 2 is 1.86 bits per heavy atom. The molecule has 10 heteroatoms. The third-order valence-electron chi connectivity index (χ3n) is 5.42. The first-order valence-corrected chi connectivity index (χ1v) is 11.0. The molecule has 0 unspecified atom stereocenters. The lowest BCUT2D eigenvalue weighted by Gasteiger charge is -2.11. The van der Waals surface area contributed by atoms with Crippen LogP contribution in [-0.4, -0.2) is 39.6 Å². The maximum atomic E-state index is 12.9.